The molecule has 0 saturated heterocycles. The molecule has 11 rings (SSSR count). The van der Waals surface area contributed by atoms with Crippen LogP contribution in [0.25, 0.3) is 65.0 Å². The molecule has 0 unspecified atom stereocenters. The van der Waals surface area contributed by atoms with Gasteiger partial charge in [-0.1, -0.05) is 139 Å². The summed E-state index contributed by atoms with van der Waals surface area (Å²) >= 11 is 0. The number of para-hydroxylation sites is 2. The molecule has 0 saturated carbocycles. The second-order valence-corrected chi connectivity index (χ2v) is 15.8. The van der Waals surface area contributed by atoms with Gasteiger partial charge in [-0.05, 0) is 125 Å². The topological polar surface area (TPSA) is 15.8 Å². The van der Waals surface area contributed by atoms with Crippen LogP contribution < -0.4 is 9.80 Å². The Labute approximate surface area is 361 Å². The van der Waals surface area contributed by atoms with Crippen molar-refractivity contribution in [1.82, 2.24) is 4.57 Å². The molecule has 0 aliphatic carbocycles. The zero-order valence-corrected chi connectivity index (χ0v) is 34.2. The number of aryl methyl sites for hydroxylation is 1. The molecule has 0 spiro atoms. The highest BCUT2D eigenvalue weighted by Gasteiger charge is 2.20. The molecule has 0 aliphatic rings. The predicted molar refractivity (Wildman–Crippen MR) is 262 cm³/mol. The smallest absolute Gasteiger partial charge is 0.187 e. The molecule has 62 heavy (non-hydrogen) atoms. The molecular weight excluding hydrogens is 753 g/mol. The van der Waals surface area contributed by atoms with E-state index in [0.29, 0.717) is 5.69 Å². The fourth-order valence-electron chi connectivity index (χ4n) is 9.04. The number of rotatable bonds is 8. The van der Waals surface area contributed by atoms with E-state index in [1.54, 1.807) is 0 Å². The Bertz CT molecular complexity index is 3470. The van der Waals surface area contributed by atoms with Gasteiger partial charge in [0, 0.05) is 50.3 Å². The highest BCUT2D eigenvalue weighted by atomic mass is 15.1. The lowest BCUT2D eigenvalue weighted by Crippen LogP contribution is -2.11. The number of fused-ring (bicyclic) bond motifs is 5. The second-order valence-electron chi connectivity index (χ2n) is 15.8. The maximum atomic E-state index is 7.62. The van der Waals surface area contributed by atoms with E-state index in [9.17, 15) is 0 Å². The fourth-order valence-corrected chi connectivity index (χ4v) is 9.04. The average molecular weight is 793 g/mol. The van der Waals surface area contributed by atoms with Gasteiger partial charge in [-0.2, -0.15) is 0 Å². The highest BCUT2D eigenvalue weighted by molar-refractivity contribution is 6.11. The Morgan fingerprint density at radius 1 is 0.403 bits per heavy atom. The Kier molecular flexibility index (Phi) is 9.07. The van der Waals surface area contributed by atoms with E-state index in [1.807, 2.05) is 24.3 Å². The molecule has 0 radical (unpaired) electrons. The summed E-state index contributed by atoms with van der Waals surface area (Å²) in [5.41, 5.74) is 14.0. The standard InChI is InChI=1S/C58H40N4/c1-40-20-27-48(28-21-40)61(49-31-22-41-12-6-7-13-43(41)38-49)57-37-35-51(52-16-8-9-17-53(52)57)42-23-29-46(30-24-42)60(47-32-25-44(59-2)26-33-47)50-34-36-58-55(39-50)54-18-10-11-19-56(54)62(58)45-14-4-3-5-15-45/h3-39H,1H3. The van der Waals surface area contributed by atoms with Gasteiger partial charge in [-0.15, -0.1) is 0 Å². The minimum Gasteiger partial charge on any atom is -0.311 e. The van der Waals surface area contributed by atoms with Crippen molar-refractivity contribution >= 4 is 83.2 Å². The summed E-state index contributed by atoms with van der Waals surface area (Å²) in [7, 11) is 0. The number of aromatic nitrogens is 1. The van der Waals surface area contributed by atoms with Gasteiger partial charge >= 0.3 is 0 Å². The van der Waals surface area contributed by atoms with Gasteiger partial charge < -0.3 is 14.4 Å². The van der Waals surface area contributed by atoms with Crippen molar-refractivity contribution in [3.8, 4) is 16.8 Å². The normalized spacial score (nSPS) is 11.3. The first-order valence-corrected chi connectivity index (χ1v) is 21.0. The SMILES string of the molecule is [C-]#[N+]c1ccc(N(c2ccc(-c3ccc(N(c4ccc(C)cc4)c4ccc5ccccc5c4)c4ccccc34)cc2)c2ccc3c(c2)c2ccccc2n3-c2ccccc2)cc1. The molecule has 0 bridgehead atoms. The maximum absolute atomic E-state index is 7.62. The van der Waals surface area contributed by atoms with Crippen molar-refractivity contribution in [3.05, 3.63) is 241 Å². The zero-order valence-electron chi connectivity index (χ0n) is 34.2. The van der Waals surface area contributed by atoms with E-state index in [4.69, 9.17) is 6.57 Å². The lowest BCUT2D eigenvalue weighted by atomic mass is 9.96. The van der Waals surface area contributed by atoms with Crippen molar-refractivity contribution in [2.75, 3.05) is 9.80 Å². The van der Waals surface area contributed by atoms with E-state index >= 15 is 0 Å². The number of nitrogens with zero attached hydrogens (tertiary/aromatic N) is 4. The van der Waals surface area contributed by atoms with Gasteiger partial charge in [0.1, 0.15) is 0 Å². The molecule has 4 heteroatoms. The molecule has 0 fully saturated rings. The minimum atomic E-state index is 0.613. The Morgan fingerprint density at radius 3 is 1.73 bits per heavy atom. The van der Waals surface area contributed by atoms with Gasteiger partial charge in [-0.25, -0.2) is 4.85 Å². The van der Waals surface area contributed by atoms with Crippen LogP contribution >= 0.6 is 0 Å². The quantitative estimate of drug-likeness (QED) is 0.142. The second kappa shape index (κ2) is 15.3. The number of anilines is 6. The molecule has 0 amide bonds. The maximum Gasteiger partial charge on any atom is 0.187 e. The van der Waals surface area contributed by atoms with E-state index in [2.05, 4.69) is 226 Å². The molecule has 292 valence electrons. The Hall–Kier alpha value is -8.39. The van der Waals surface area contributed by atoms with E-state index in [-0.39, 0.29) is 0 Å². The third-order valence-corrected chi connectivity index (χ3v) is 12.0. The van der Waals surface area contributed by atoms with Crippen molar-refractivity contribution in [1.29, 1.82) is 0 Å². The van der Waals surface area contributed by atoms with Crippen LogP contribution in [-0.4, -0.2) is 4.57 Å². The molecule has 1 heterocycles. The van der Waals surface area contributed by atoms with Crippen LogP contribution in [0.3, 0.4) is 0 Å². The van der Waals surface area contributed by atoms with Crippen LogP contribution in [0.1, 0.15) is 5.56 Å². The Balaban J connectivity index is 1.02. The molecule has 4 nitrogen and oxygen atoms in total. The van der Waals surface area contributed by atoms with Crippen LogP contribution in [0, 0.1) is 13.5 Å². The summed E-state index contributed by atoms with van der Waals surface area (Å²) in [6, 6.07) is 80.1. The summed E-state index contributed by atoms with van der Waals surface area (Å²) in [5, 5.41) is 7.16. The van der Waals surface area contributed by atoms with E-state index in [1.165, 1.54) is 49.0 Å². The van der Waals surface area contributed by atoms with E-state index < -0.39 is 0 Å². The highest BCUT2D eigenvalue weighted by Crippen LogP contribution is 2.44. The molecular formula is C58H40N4. The van der Waals surface area contributed by atoms with E-state index in [0.717, 1.165) is 50.9 Å². The van der Waals surface area contributed by atoms with Gasteiger partial charge in [0.05, 0.1) is 23.3 Å². The van der Waals surface area contributed by atoms with Crippen LogP contribution in [0.4, 0.5) is 39.8 Å². The third-order valence-electron chi connectivity index (χ3n) is 12.0. The molecule has 1 aromatic heterocycles. The zero-order chi connectivity index (χ0) is 41.6. The van der Waals surface area contributed by atoms with Crippen molar-refractivity contribution < 1.29 is 0 Å². The third kappa shape index (κ3) is 6.41. The predicted octanol–water partition coefficient (Wildman–Crippen LogP) is 16.6. The molecule has 0 N–H and O–H groups in total. The first kappa shape index (κ1) is 36.7. The van der Waals surface area contributed by atoms with Crippen LogP contribution in [0.2, 0.25) is 0 Å². The number of hydrogen-bond donors (Lipinski definition) is 0. The van der Waals surface area contributed by atoms with Crippen molar-refractivity contribution in [3.63, 3.8) is 0 Å². The fraction of sp³-hybridized carbons (Fsp3) is 0.0172. The lowest BCUT2D eigenvalue weighted by molar-refractivity contribution is 1.18. The number of benzene rings is 10. The first-order valence-electron chi connectivity index (χ1n) is 21.0. The van der Waals surface area contributed by atoms with Crippen LogP contribution in [0.15, 0.2) is 224 Å². The average Bonchev–Trinajstić information content (AvgIpc) is 3.67. The van der Waals surface area contributed by atoms with Crippen LogP contribution in [-0.2, 0) is 0 Å². The van der Waals surface area contributed by atoms with Crippen molar-refractivity contribution in [2.45, 2.75) is 6.92 Å². The largest absolute Gasteiger partial charge is 0.311 e. The number of hydrogen-bond acceptors (Lipinski definition) is 2. The minimum absolute atomic E-state index is 0.613. The van der Waals surface area contributed by atoms with Gasteiger partial charge in [-0.3, -0.25) is 0 Å². The summed E-state index contributed by atoms with van der Waals surface area (Å²) in [6.07, 6.45) is 0. The molecule has 10 aromatic carbocycles. The lowest BCUT2D eigenvalue weighted by Gasteiger charge is -2.28. The molecule has 0 aliphatic heterocycles. The summed E-state index contributed by atoms with van der Waals surface area (Å²) < 4.78 is 2.34. The monoisotopic (exact) mass is 792 g/mol. The van der Waals surface area contributed by atoms with Gasteiger partial charge in [0.25, 0.3) is 0 Å². The van der Waals surface area contributed by atoms with Gasteiger partial charge in [0.15, 0.2) is 5.69 Å². The summed E-state index contributed by atoms with van der Waals surface area (Å²) in [5.74, 6) is 0. The van der Waals surface area contributed by atoms with Crippen LogP contribution in [0.5, 0.6) is 0 Å². The first-order chi connectivity index (χ1) is 30.6. The summed E-state index contributed by atoms with van der Waals surface area (Å²) in [4.78, 5) is 8.35. The Morgan fingerprint density at radius 2 is 0.968 bits per heavy atom. The molecule has 11 aromatic rings. The van der Waals surface area contributed by atoms with Gasteiger partial charge in [0.2, 0.25) is 0 Å². The molecule has 0 atom stereocenters. The summed E-state index contributed by atoms with van der Waals surface area (Å²) in [6.45, 7) is 9.75. The van der Waals surface area contributed by atoms with Crippen molar-refractivity contribution in [2.24, 2.45) is 0 Å².